The normalized spacial score (nSPS) is 18.5. The Bertz CT molecular complexity index is 451. The third-order valence-electron chi connectivity index (χ3n) is 4.27. The molecule has 1 aliphatic heterocycles. The van der Waals surface area contributed by atoms with E-state index >= 15 is 0 Å². The second-order valence-corrected chi connectivity index (χ2v) is 6.22. The first-order chi connectivity index (χ1) is 10.7. The number of nitrogens with zero attached hydrogens (tertiary/aromatic N) is 1. The highest BCUT2D eigenvalue weighted by atomic mass is 16.5. The molecule has 1 N–H and O–H groups in total. The van der Waals surface area contributed by atoms with Crippen LogP contribution in [0.5, 0.6) is 5.75 Å². The largest absolute Gasteiger partial charge is 0.495 e. The third kappa shape index (κ3) is 4.89. The molecule has 1 aliphatic rings. The van der Waals surface area contributed by atoms with E-state index in [1.807, 2.05) is 0 Å². The summed E-state index contributed by atoms with van der Waals surface area (Å²) in [6, 6.07) is 6.58. The van der Waals surface area contributed by atoms with Crippen LogP contribution in [-0.4, -0.2) is 40.5 Å². The zero-order chi connectivity index (χ0) is 15.8. The molecule has 0 spiro atoms. The van der Waals surface area contributed by atoms with Gasteiger partial charge in [-0.05, 0) is 49.4 Å². The predicted molar refractivity (Wildman–Crippen MR) is 91.8 cm³/mol. The molecule has 4 nitrogen and oxygen atoms in total. The fourth-order valence-electron chi connectivity index (χ4n) is 3.08. The van der Waals surface area contributed by atoms with E-state index in [0.29, 0.717) is 0 Å². The van der Waals surface area contributed by atoms with Crippen LogP contribution in [0.3, 0.4) is 0 Å². The van der Waals surface area contributed by atoms with Gasteiger partial charge in [0, 0.05) is 33.4 Å². The smallest absolute Gasteiger partial charge is 0.142 e. The lowest BCUT2D eigenvalue weighted by molar-refractivity contribution is 0.194. The number of anilines is 1. The number of hydrogen-bond donors (Lipinski definition) is 1. The molecule has 1 atom stereocenters. The first kappa shape index (κ1) is 17.1. The summed E-state index contributed by atoms with van der Waals surface area (Å²) < 4.78 is 10.7. The van der Waals surface area contributed by atoms with E-state index in [2.05, 4.69) is 35.3 Å². The zero-order valence-corrected chi connectivity index (χ0v) is 14.2. The van der Waals surface area contributed by atoms with E-state index in [4.69, 9.17) is 9.47 Å². The molecule has 1 unspecified atom stereocenters. The predicted octanol–water partition coefficient (Wildman–Crippen LogP) is 3.06. The summed E-state index contributed by atoms with van der Waals surface area (Å²) >= 11 is 0. The van der Waals surface area contributed by atoms with E-state index in [9.17, 15) is 0 Å². The van der Waals surface area contributed by atoms with Crippen molar-refractivity contribution in [3.8, 4) is 5.75 Å². The molecule has 0 amide bonds. The number of nitrogens with one attached hydrogen (secondary N) is 1. The van der Waals surface area contributed by atoms with Crippen molar-refractivity contribution in [1.29, 1.82) is 0 Å². The molecule has 1 saturated heterocycles. The van der Waals surface area contributed by atoms with Crippen molar-refractivity contribution in [2.24, 2.45) is 5.92 Å². The van der Waals surface area contributed by atoms with Gasteiger partial charge in [0.2, 0.25) is 0 Å². The minimum absolute atomic E-state index is 0.764. The minimum Gasteiger partial charge on any atom is -0.495 e. The van der Waals surface area contributed by atoms with Crippen LogP contribution >= 0.6 is 0 Å². The van der Waals surface area contributed by atoms with Crippen molar-refractivity contribution in [2.45, 2.75) is 32.7 Å². The highest BCUT2D eigenvalue weighted by Crippen LogP contribution is 2.32. The molecule has 2 rings (SSSR count). The Labute approximate surface area is 134 Å². The van der Waals surface area contributed by atoms with Gasteiger partial charge in [0.1, 0.15) is 5.75 Å². The molecule has 1 heterocycles. The van der Waals surface area contributed by atoms with Crippen LogP contribution in [0, 0.1) is 5.92 Å². The fourth-order valence-corrected chi connectivity index (χ4v) is 3.08. The maximum atomic E-state index is 5.63. The second-order valence-electron chi connectivity index (χ2n) is 6.22. The quantitative estimate of drug-likeness (QED) is 0.749. The van der Waals surface area contributed by atoms with Crippen LogP contribution in [-0.2, 0) is 11.3 Å². The van der Waals surface area contributed by atoms with Crippen molar-refractivity contribution in [1.82, 2.24) is 5.32 Å². The Balaban J connectivity index is 1.95. The maximum absolute atomic E-state index is 5.63. The first-order valence-corrected chi connectivity index (χ1v) is 8.36. The van der Waals surface area contributed by atoms with Crippen LogP contribution in [0.15, 0.2) is 18.2 Å². The monoisotopic (exact) mass is 306 g/mol. The molecule has 124 valence electrons. The Morgan fingerprint density at radius 1 is 1.32 bits per heavy atom. The lowest BCUT2D eigenvalue weighted by atomic mass is 9.99. The highest BCUT2D eigenvalue weighted by molar-refractivity contribution is 5.60. The lowest BCUT2D eigenvalue weighted by Crippen LogP contribution is -2.34. The third-order valence-corrected chi connectivity index (χ3v) is 4.27. The summed E-state index contributed by atoms with van der Waals surface area (Å²) in [6.45, 7) is 7.25. The van der Waals surface area contributed by atoms with Crippen molar-refractivity contribution < 1.29 is 9.47 Å². The molecule has 22 heavy (non-hydrogen) atoms. The van der Waals surface area contributed by atoms with Crippen molar-refractivity contribution in [3.05, 3.63) is 23.8 Å². The summed E-state index contributed by atoms with van der Waals surface area (Å²) in [4.78, 5) is 2.46. The highest BCUT2D eigenvalue weighted by Gasteiger charge is 2.19. The number of methoxy groups -OCH3 is 2. The van der Waals surface area contributed by atoms with Crippen LogP contribution in [0.4, 0.5) is 5.69 Å². The van der Waals surface area contributed by atoms with Crippen LogP contribution in [0.2, 0.25) is 0 Å². The molecule has 0 aromatic heterocycles. The van der Waals surface area contributed by atoms with Crippen molar-refractivity contribution in [3.63, 3.8) is 0 Å². The first-order valence-electron chi connectivity index (χ1n) is 8.36. The second kappa shape index (κ2) is 9.01. The van der Waals surface area contributed by atoms with Gasteiger partial charge < -0.3 is 19.7 Å². The maximum Gasteiger partial charge on any atom is 0.142 e. The number of rotatable bonds is 8. The number of benzene rings is 1. The Hall–Kier alpha value is -1.26. The van der Waals surface area contributed by atoms with Gasteiger partial charge >= 0.3 is 0 Å². The van der Waals surface area contributed by atoms with E-state index in [1.165, 1.54) is 24.1 Å². The SMILES string of the molecule is COCCCNCc1ccc(N2CCCC(C)C2)c(OC)c1. The van der Waals surface area contributed by atoms with Gasteiger partial charge in [-0.2, -0.15) is 0 Å². The van der Waals surface area contributed by atoms with Gasteiger partial charge in [0.25, 0.3) is 0 Å². The number of ether oxygens (including phenoxy) is 2. The van der Waals surface area contributed by atoms with Gasteiger partial charge in [-0.1, -0.05) is 13.0 Å². The van der Waals surface area contributed by atoms with Crippen LogP contribution in [0.25, 0.3) is 0 Å². The molecule has 4 heteroatoms. The summed E-state index contributed by atoms with van der Waals surface area (Å²) in [5.41, 5.74) is 2.50. The minimum atomic E-state index is 0.764. The van der Waals surface area contributed by atoms with Gasteiger partial charge in [-0.25, -0.2) is 0 Å². The van der Waals surface area contributed by atoms with E-state index < -0.39 is 0 Å². The Morgan fingerprint density at radius 3 is 2.91 bits per heavy atom. The van der Waals surface area contributed by atoms with E-state index in [1.54, 1.807) is 14.2 Å². The molecule has 0 saturated carbocycles. The van der Waals surface area contributed by atoms with Crippen molar-refractivity contribution in [2.75, 3.05) is 45.4 Å². The van der Waals surface area contributed by atoms with Crippen molar-refractivity contribution >= 4 is 5.69 Å². The number of hydrogen-bond acceptors (Lipinski definition) is 4. The van der Waals surface area contributed by atoms with Gasteiger partial charge in [-0.15, -0.1) is 0 Å². The van der Waals surface area contributed by atoms with Gasteiger partial charge in [0.05, 0.1) is 12.8 Å². The zero-order valence-electron chi connectivity index (χ0n) is 14.2. The standard InChI is InChI=1S/C18H30N2O2/c1-15-6-4-10-20(14-15)17-8-7-16(12-18(17)22-3)13-19-9-5-11-21-2/h7-8,12,15,19H,4-6,9-11,13-14H2,1-3H3. The summed E-state index contributed by atoms with van der Waals surface area (Å²) in [5.74, 6) is 1.76. The van der Waals surface area contributed by atoms with Crippen LogP contribution in [0.1, 0.15) is 31.7 Å². The van der Waals surface area contributed by atoms with E-state index in [0.717, 1.165) is 50.9 Å². The number of piperidine rings is 1. The van der Waals surface area contributed by atoms with Crippen LogP contribution < -0.4 is 15.0 Å². The lowest BCUT2D eigenvalue weighted by Gasteiger charge is -2.33. The van der Waals surface area contributed by atoms with Gasteiger partial charge in [-0.3, -0.25) is 0 Å². The Kier molecular flexibility index (Phi) is 7.00. The van der Waals surface area contributed by atoms with Gasteiger partial charge in [0.15, 0.2) is 0 Å². The molecule has 0 radical (unpaired) electrons. The summed E-state index contributed by atoms with van der Waals surface area (Å²) in [6.07, 6.45) is 3.65. The topological polar surface area (TPSA) is 33.7 Å². The molecule has 1 fully saturated rings. The molecule has 1 aromatic carbocycles. The van der Waals surface area contributed by atoms with E-state index in [-0.39, 0.29) is 0 Å². The molecular formula is C18H30N2O2. The Morgan fingerprint density at radius 2 is 2.18 bits per heavy atom. The summed E-state index contributed by atoms with van der Waals surface area (Å²) in [5, 5.41) is 3.44. The molecular weight excluding hydrogens is 276 g/mol. The molecule has 0 bridgehead atoms. The molecule has 1 aromatic rings. The molecule has 0 aliphatic carbocycles. The summed E-state index contributed by atoms with van der Waals surface area (Å²) in [7, 11) is 3.51. The average Bonchev–Trinajstić information content (AvgIpc) is 2.54. The fraction of sp³-hybridized carbons (Fsp3) is 0.667. The average molecular weight is 306 g/mol.